The lowest BCUT2D eigenvalue weighted by atomic mass is 10.00. The van der Waals surface area contributed by atoms with Crippen LogP contribution in [0.15, 0.2) is 84.1 Å². The molecule has 3 aromatic rings. The van der Waals surface area contributed by atoms with E-state index < -0.39 is 10.0 Å². The van der Waals surface area contributed by atoms with Crippen LogP contribution in [-0.4, -0.2) is 39.0 Å². The number of nitrogens with zero attached hydrogens (tertiary/aromatic N) is 2. The van der Waals surface area contributed by atoms with Crippen molar-refractivity contribution in [2.24, 2.45) is 10.7 Å². The van der Waals surface area contributed by atoms with Crippen LogP contribution in [0.5, 0.6) is 0 Å². The van der Waals surface area contributed by atoms with E-state index in [1.54, 1.807) is 24.7 Å². The fourth-order valence-electron chi connectivity index (χ4n) is 3.04. The van der Waals surface area contributed by atoms with E-state index in [9.17, 15) is 8.42 Å². The van der Waals surface area contributed by atoms with E-state index in [2.05, 4.69) is 20.0 Å². The highest BCUT2D eigenvalue weighted by Crippen LogP contribution is 2.28. The van der Waals surface area contributed by atoms with E-state index in [-0.39, 0.29) is 12.3 Å². The third kappa shape index (κ3) is 6.76. The first-order chi connectivity index (χ1) is 15.5. The van der Waals surface area contributed by atoms with E-state index in [4.69, 9.17) is 5.73 Å². The molecule has 0 spiro atoms. The minimum absolute atomic E-state index is 0.0421. The zero-order valence-corrected chi connectivity index (χ0v) is 18.7. The molecule has 3 rings (SSSR count). The lowest BCUT2D eigenvalue weighted by molar-refractivity contribution is 0.588. The van der Waals surface area contributed by atoms with Crippen LogP contribution >= 0.6 is 0 Å². The Kier molecular flexibility index (Phi) is 8.13. The standard InChI is InChI=1S/C24H27N5O2S/c1-26-32(30,31)15-14-29-24-10-9-21(20-7-3-2-4-8-20)16-22(24)23(25)11-13-28-18-19-6-5-12-27-17-19/h2-13,16-17,26,29H,14-15,18,25H2,1H3. The maximum absolute atomic E-state index is 11.7. The zero-order chi connectivity index (χ0) is 22.8. The number of hydrogen-bond donors (Lipinski definition) is 3. The summed E-state index contributed by atoms with van der Waals surface area (Å²) >= 11 is 0. The monoisotopic (exact) mass is 449 g/mol. The van der Waals surface area contributed by atoms with Crippen molar-refractivity contribution in [3.8, 4) is 11.1 Å². The van der Waals surface area contributed by atoms with Crippen LogP contribution < -0.4 is 15.8 Å². The molecule has 0 amide bonds. The molecule has 1 aromatic heterocycles. The summed E-state index contributed by atoms with van der Waals surface area (Å²) in [6.45, 7) is 0.762. The molecule has 0 aliphatic rings. The highest BCUT2D eigenvalue weighted by atomic mass is 32.2. The second kappa shape index (κ2) is 11.2. The van der Waals surface area contributed by atoms with Crippen molar-refractivity contribution in [1.29, 1.82) is 0 Å². The fraction of sp³-hybridized carbons (Fsp3) is 0.167. The number of aromatic nitrogens is 1. The molecule has 2 aromatic carbocycles. The van der Waals surface area contributed by atoms with E-state index in [1.807, 2.05) is 60.7 Å². The van der Waals surface area contributed by atoms with Gasteiger partial charge in [0.1, 0.15) is 0 Å². The fourth-order valence-corrected chi connectivity index (χ4v) is 3.62. The summed E-state index contributed by atoms with van der Waals surface area (Å²) in [6.07, 6.45) is 6.92. The third-order valence-electron chi connectivity index (χ3n) is 4.79. The summed E-state index contributed by atoms with van der Waals surface area (Å²) in [5.41, 5.74) is 11.5. The van der Waals surface area contributed by atoms with Gasteiger partial charge in [-0.1, -0.05) is 42.5 Å². The number of nitrogens with one attached hydrogen (secondary N) is 2. The molecular formula is C24H27N5O2S. The predicted molar refractivity (Wildman–Crippen MR) is 132 cm³/mol. The molecule has 4 N–H and O–H groups in total. The molecule has 0 saturated carbocycles. The van der Waals surface area contributed by atoms with Crippen LogP contribution in [0.25, 0.3) is 16.8 Å². The Morgan fingerprint density at radius 2 is 1.91 bits per heavy atom. The number of allylic oxidation sites excluding steroid dienone is 1. The predicted octanol–water partition coefficient (Wildman–Crippen LogP) is 3.28. The molecule has 0 bridgehead atoms. The number of nitrogens with two attached hydrogens (primary N) is 1. The largest absolute Gasteiger partial charge is 0.398 e. The van der Waals surface area contributed by atoms with Crippen molar-refractivity contribution in [3.05, 3.63) is 90.3 Å². The van der Waals surface area contributed by atoms with E-state index in [0.29, 0.717) is 12.2 Å². The van der Waals surface area contributed by atoms with E-state index in [0.717, 1.165) is 27.9 Å². The maximum atomic E-state index is 11.7. The average molecular weight is 450 g/mol. The normalized spacial score (nSPS) is 12.2. The molecule has 8 heteroatoms. The second-order valence-corrected chi connectivity index (χ2v) is 9.10. The molecule has 0 radical (unpaired) electrons. The van der Waals surface area contributed by atoms with Gasteiger partial charge in [-0.25, -0.2) is 13.1 Å². The first kappa shape index (κ1) is 23.2. The minimum Gasteiger partial charge on any atom is -0.398 e. The van der Waals surface area contributed by atoms with Crippen molar-refractivity contribution in [1.82, 2.24) is 9.71 Å². The molecule has 32 heavy (non-hydrogen) atoms. The molecule has 0 unspecified atom stereocenters. The molecule has 0 aliphatic carbocycles. The highest BCUT2D eigenvalue weighted by molar-refractivity contribution is 7.89. The maximum Gasteiger partial charge on any atom is 0.213 e. The van der Waals surface area contributed by atoms with Gasteiger partial charge < -0.3 is 11.1 Å². The summed E-state index contributed by atoms with van der Waals surface area (Å²) in [5, 5.41) is 3.19. The number of sulfonamides is 1. The first-order valence-corrected chi connectivity index (χ1v) is 11.8. The quantitative estimate of drug-likeness (QED) is 0.412. The van der Waals surface area contributed by atoms with Gasteiger partial charge in [0.05, 0.1) is 12.3 Å². The van der Waals surface area contributed by atoms with Gasteiger partial charge in [-0.2, -0.15) is 0 Å². The van der Waals surface area contributed by atoms with Gasteiger partial charge in [0.25, 0.3) is 0 Å². The Hall–Kier alpha value is -3.49. The number of pyridine rings is 1. The van der Waals surface area contributed by atoms with Crippen LogP contribution in [-0.2, 0) is 16.6 Å². The number of anilines is 1. The Bertz CT molecular complexity index is 1180. The Labute approximate surface area is 189 Å². The number of rotatable bonds is 10. The van der Waals surface area contributed by atoms with Gasteiger partial charge >= 0.3 is 0 Å². The number of hydrogen-bond acceptors (Lipinski definition) is 6. The molecular weight excluding hydrogens is 422 g/mol. The van der Waals surface area contributed by atoms with Crippen LogP contribution in [0, 0.1) is 0 Å². The minimum atomic E-state index is -3.30. The topological polar surface area (TPSA) is 109 Å². The Morgan fingerprint density at radius 1 is 1.09 bits per heavy atom. The average Bonchev–Trinajstić information content (AvgIpc) is 2.83. The summed E-state index contributed by atoms with van der Waals surface area (Å²) in [5.74, 6) is -0.0421. The molecule has 1 heterocycles. The summed E-state index contributed by atoms with van der Waals surface area (Å²) in [7, 11) is -1.90. The van der Waals surface area contributed by atoms with Gasteiger partial charge in [0, 0.05) is 42.1 Å². The Balaban J connectivity index is 1.83. The SMILES string of the molecule is CNS(=O)(=O)CCNc1ccc(-c2ccccc2)cc1C(N)=CC=NCc1cccnc1. The van der Waals surface area contributed by atoms with Crippen LogP contribution in [0.1, 0.15) is 11.1 Å². The second-order valence-electron chi connectivity index (χ2n) is 7.05. The summed E-state index contributed by atoms with van der Waals surface area (Å²) in [4.78, 5) is 8.47. The molecule has 7 nitrogen and oxygen atoms in total. The van der Waals surface area contributed by atoms with Crippen LogP contribution in [0.4, 0.5) is 5.69 Å². The van der Waals surface area contributed by atoms with Gasteiger partial charge in [-0.15, -0.1) is 0 Å². The summed E-state index contributed by atoms with van der Waals surface area (Å²) in [6, 6.07) is 19.7. The van der Waals surface area contributed by atoms with Crippen molar-refractivity contribution in [2.75, 3.05) is 24.7 Å². The number of aliphatic imine (C=N–C) groups is 1. The molecule has 0 aliphatic heterocycles. The molecule has 0 fully saturated rings. The van der Waals surface area contributed by atoms with Crippen molar-refractivity contribution in [3.63, 3.8) is 0 Å². The summed E-state index contributed by atoms with van der Waals surface area (Å²) < 4.78 is 25.8. The lowest BCUT2D eigenvalue weighted by Gasteiger charge is -2.14. The van der Waals surface area contributed by atoms with Crippen molar-refractivity contribution < 1.29 is 8.42 Å². The van der Waals surface area contributed by atoms with Gasteiger partial charge in [0.15, 0.2) is 0 Å². The van der Waals surface area contributed by atoms with E-state index in [1.165, 1.54) is 7.05 Å². The molecule has 166 valence electrons. The molecule has 0 atom stereocenters. The van der Waals surface area contributed by atoms with Gasteiger partial charge in [0.2, 0.25) is 10.0 Å². The van der Waals surface area contributed by atoms with Crippen LogP contribution in [0.3, 0.4) is 0 Å². The third-order valence-corrected chi connectivity index (χ3v) is 6.15. The zero-order valence-electron chi connectivity index (χ0n) is 17.9. The smallest absolute Gasteiger partial charge is 0.213 e. The van der Waals surface area contributed by atoms with Gasteiger partial charge in [-0.3, -0.25) is 9.98 Å². The van der Waals surface area contributed by atoms with E-state index >= 15 is 0 Å². The molecule has 0 saturated heterocycles. The van der Waals surface area contributed by atoms with Gasteiger partial charge in [-0.05, 0) is 48.0 Å². The lowest BCUT2D eigenvalue weighted by Crippen LogP contribution is -2.26. The first-order valence-electron chi connectivity index (χ1n) is 10.2. The Morgan fingerprint density at radius 3 is 2.62 bits per heavy atom. The van der Waals surface area contributed by atoms with Crippen molar-refractivity contribution in [2.45, 2.75) is 6.54 Å². The van der Waals surface area contributed by atoms with Crippen LogP contribution in [0.2, 0.25) is 0 Å². The highest BCUT2D eigenvalue weighted by Gasteiger charge is 2.10. The number of benzene rings is 2. The van der Waals surface area contributed by atoms with Crippen molar-refractivity contribution >= 4 is 27.6 Å².